The minimum Gasteiger partial charge on any atom is -0.454 e. The highest BCUT2D eigenvalue weighted by Gasteiger charge is 2.38. The fourth-order valence-electron chi connectivity index (χ4n) is 4.40. The van der Waals surface area contributed by atoms with Gasteiger partial charge in [0.25, 0.3) is 0 Å². The number of amides is 1. The van der Waals surface area contributed by atoms with Crippen LogP contribution in [0.1, 0.15) is 36.6 Å². The average molecular weight is 391 g/mol. The molecule has 0 radical (unpaired) electrons. The average Bonchev–Trinajstić information content (AvgIpc) is 3.40. The first-order valence-electron chi connectivity index (χ1n) is 10.3. The fraction of sp³-hybridized carbons (Fsp3) is 0.391. The molecule has 29 heavy (non-hydrogen) atoms. The van der Waals surface area contributed by atoms with Gasteiger partial charge in [-0.15, -0.1) is 0 Å². The number of rotatable bonds is 3. The van der Waals surface area contributed by atoms with Crippen molar-refractivity contribution < 1.29 is 14.3 Å². The third-order valence-electron chi connectivity index (χ3n) is 5.87. The van der Waals surface area contributed by atoms with Crippen LogP contribution in [0, 0.1) is 6.92 Å². The van der Waals surface area contributed by atoms with Gasteiger partial charge in [0, 0.05) is 18.8 Å². The summed E-state index contributed by atoms with van der Waals surface area (Å²) in [5.41, 5.74) is 1.99. The number of ether oxygens (including phenoxy) is 2. The number of hydrogen-bond donors (Lipinski definition) is 0. The first kappa shape index (κ1) is 18.0. The lowest BCUT2D eigenvalue weighted by molar-refractivity contribution is -0.132. The molecule has 0 aliphatic carbocycles. The lowest BCUT2D eigenvalue weighted by atomic mass is 10.1. The standard InChI is InChI=1S/C23H25N3O3/c1-16-6-5-7-22(24-16)26-18(17-8-11-20-21(14-17)29-15-28-20)9-10-19(26)23(27)25-12-3-2-4-13-25/h5-11,14,18-19H,2-4,12-13,15H2,1H3/t18-,19+/m0/s1. The molecule has 1 aromatic carbocycles. The monoisotopic (exact) mass is 391 g/mol. The quantitative estimate of drug-likeness (QED) is 0.748. The van der Waals surface area contributed by atoms with Crippen LogP contribution in [0.25, 0.3) is 0 Å². The molecule has 0 saturated carbocycles. The van der Waals surface area contributed by atoms with Gasteiger partial charge in [0.1, 0.15) is 11.9 Å². The Morgan fingerprint density at radius 1 is 1.03 bits per heavy atom. The molecule has 6 heteroatoms. The number of carbonyl (C=O) groups excluding carboxylic acids is 1. The second-order valence-electron chi connectivity index (χ2n) is 7.82. The van der Waals surface area contributed by atoms with Gasteiger partial charge in [-0.3, -0.25) is 4.79 Å². The van der Waals surface area contributed by atoms with Crippen LogP contribution in [0.5, 0.6) is 11.5 Å². The Hall–Kier alpha value is -3.02. The van der Waals surface area contributed by atoms with Crippen molar-refractivity contribution in [3.8, 4) is 11.5 Å². The lowest BCUT2D eigenvalue weighted by Crippen LogP contribution is -2.48. The van der Waals surface area contributed by atoms with Crippen LogP contribution in [-0.2, 0) is 4.79 Å². The third-order valence-corrected chi connectivity index (χ3v) is 5.87. The number of carbonyl (C=O) groups is 1. The Kier molecular flexibility index (Phi) is 4.62. The Morgan fingerprint density at radius 3 is 2.69 bits per heavy atom. The Morgan fingerprint density at radius 2 is 1.86 bits per heavy atom. The van der Waals surface area contributed by atoms with Gasteiger partial charge in [0.2, 0.25) is 12.7 Å². The van der Waals surface area contributed by atoms with Crippen molar-refractivity contribution in [1.29, 1.82) is 0 Å². The van der Waals surface area contributed by atoms with E-state index >= 15 is 0 Å². The van der Waals surface area contributed by atoms with E-state index in [1.807, 2.05) is 54.3 Å². The molecule has 150 valence electrons. The number of fused-ring (bicyclic) bond motifs is 1. The molecular formula is C23H25N3O3. The predicted molar refractivity (Wildman–Crippen MR) is 110 cm³/mol. The van der Waals surface area contributed by atoms with Gasteiger partial charge >= 0.3 is 0 Å². The summed E-state index contributed by atoms with van der Waals surface area (Å²) in [7, 11) is 0. The van der Waals surface area contributed by atoms with Crippen LogP contribution >= 0.6 is 0 Å². The van der Waals surface area contributed by atoms with Crippen LogP contribution in [0.4, 0.5) is 5.82 Å². The summed E-state index contributed by atoms with van der Waals surface area (Å²) >= 11 is 0. The van der Waals surface area contributed by atoms with Crippen LogP contribution in [0.15, 0.2) is 48.6 Å². The van der Waals surface area contributed by atoms with E-state index in [1.54, 1.807) is 0 Å². The van der Waals surface area contributed by atoms with Crippen molar-refractivity contribution in [2.75, 3.05) is 24.8 Å². The summed E-state index contributed by atoms with van der Waals surface area (Å²) in [5.74, 6) is 2.48. The Labute approximate surface area is 170 Å². The first-order valence-corrected chi connectivity index (χ1v) is 10.3. The molecule has 1 aromatic heterocycles. The summed E-state index contributed by atoms with van der Waals surface area (Å²) < 4.78 is 11.0. The molecule has 4 heterocycles. The van der Waals surface area contributed by atoms with E-state index in [1.165, 1.54) is 6.42 Å². The molecule has 0 spiro atoms. The summed E-state index contributed by atoms with van der Waals surface area (Å²) in [6.07, 6.45) is 7.49. The molecule has 2 atom stereocenters. The van der Waals surface area contributed by atoms with Gasteiger partial charge in [0.05, 0.1) is 6.04 Å². The number of benzene rings is 1. The van der Waals surface area contributed by atoms with Crippen molar-refractivity contribution >= 4 is 11.7 Å². The highest BCUT2D eigenvalue weighted by atomic mass is 16.7. The van der Waals surface area contributed by atoms with Crippen LogP contribution in [0.3, 0.4) is 0 Å². The van der Waals surface area contributed by atoms with Gasteiger partial charge in [-0.05, 0) is 56.0 Å². The van der Waals surface area contributed by atoms with E-state index in [-0.39, 0.29) is 24.8 Å². The number of nitrogens with zero attached hydrogens (tertiary/aromatic N) is 3. The summed E-state index contributed by atoms with van der Waals surface area (Å²) in [6, 6.07) is 11.5. The number of pyridine rings is 1. The molecule has 1 fully saturated rings. The second kappa shape index (κ2) is 7.43. The summed E-state index contributed by atoms with van der Waals surface area (Å²) in [5, 5.41) is 0. The normalized spacial score (nSPS) is 22.9. The molecule has 0 bridgehead atoms. The van der Waals surface area contributed by atoms with E-state index < -0.39 is 0 Å². The predicted octanol–water partition coefficient (Wildman–Crippen LogP) is 3.62. The van der Waals surface area contributed by atoms with Crippen molar-refractivity contribution in [2.24, 2.45) is 0 Å². The number of likely N-dealkylation sites (tertiary alicyclic amines) is 1. The molecule has 1 amide bonds. The maximum Gasteiger partial charge on any atom is 0.249 e. The molecule has 3 aliphatic rings. The lowest BCUT2D eigenvalue weighted by Gasteiger charge is -2.35. The number of anilines is 1. The van der Waals surface area contributed by atoms with Crippen molar-refractivity contribution in [1.82, 2.24) is 9.88 Å². The number of aryl methyl sites for hydroxylation is 1. The smallest absolute Gasteiger partial charge is 0.249 e. The van der Waals surface area contributed by atoms with E-state index in [4.69, 9.17) is 14.5 Å². The molecule has 6 nitrogen and oxygen atoms in total. The highest BCUT2D eigenvalue weighted by Crippen LogP contribution is 2.40. The molecule has 1 saturated heterocycles. The topological polar surface area (TPSA) is 54.9 Å². The van der Waals surface area contributed by atoms with E-state index in [2.05, 4.69) is 11.0 Å². The zero-order chi connectivity index (χ0) is 19.8. The van der Waals surface area contributed by atoms with E-state index in [0.717, 1.165) is 54.5 Å². The number of aromatic nitrogens is 1. The van der Waals surface area contributed by atoms with Gasteiger partial charge in [-0.2, -0.15) is 0 Å². The van der Waals surface area contributed by atoms with E-state index in [9.17, 15) is 4.79 Å². The van der Waals surface area contributed by atoms with Crippen molar-refractivity contribution in [3.63, 3.8) is 0 Å². The molecule has 5 rings (SSSR count). The largest absolute Gasteiger partial charge is 0.454 e. The van der Waals surface area contributed by atoms with Crippen molar-refractivity contribution in [3.05, 3.63) is 59.8 Å². The zero-order valence-electron chi connectivity index (χ0n) is 16.6. The van der Waals surface area contributed by atoms with Crippen molar-refractivity contribution in [2.45, 2.75) is 38.3 Å². The van der Waals surface area contributed by atoms with Gasteiger partial charge in [-0.1, -0.05) is 24.3 Å². The molecule has 0 unspecified atom stereocenters. The fourth-order valence-corrected chi connectivity index (χ4v) is 4.40. The SMILES string of the molecule is Cc1cccc(N2[C@@H](C(=O)N3CCCCC3)C=C[C@H]2c2ccc3c(c2)OCO3)n1. The highest BCUT2D eigenvalue weighted by molar-refractivity contribution is 5.88. The maximum atomic E-state index is 13.4. The molecule has 2 aromatic rings. The number of piperidine rings is 1. The minimum absolute atomic E-state index is 0.0856. The Balaban J connectivity index is 1.51. The molecule has 3 aliphatic heterocycles. The third kappa shape index (κ3) is 3.33. The maximum absolute atomic E-state index is 13.4. The summed E-state index contributed by atoms with van der Waals surface area (Å²) in [6.45, 7) is 3.91. The summed E-state index contributed by atoms with van der Waals surface area (Å²) in [4.78, 5) is 22.3. The number of hydrogen-bond acceptors (Lipinski definition) is 5. The van der Waals surface area contributed by atoms with Gasteiger partial charge < -0.3 is 19.3 Å². The van der Waals surface area contributed by atoms with Crippen LogP contribution in [0.2, 0.25) is 0 Å². The minimum atomic E-state index is -0.349. The van der Waals surface area contributed by atoms with E-state index in [0.29, 0.717) is 0 Å². The molecule has 0 N–H and O–H groups in total. The van der Waals surface area contributed by atoms with Gasteiger partial charge in [0.15, 0.2) is 11.5 Å². The zero-order valence-corrected chi connectivity index (χ0v) is 16.6. The van der Waals surface area contributed by atoms with Crippen LogP contribution in [-0.4, -0.2) is 41.7 Å². The van der Waals surface area contributed by atoms with Gasteiger partial charge in [-0.25, -0.2) is 4.98 Å². The second-order valence-corrected chi connectivity index (χ2v) is 7.82. The first-order chi connectivity index (χ1) is 14.2. The Bertz CT molecular complexity index is 952. The molecular weight excluding hydrogens is 366 g/mol. The van der Waals surface area contributed by atoms with Crippen LogP contribution < -0.4 is 14.4 Å².